The average molecular weight is 476 g/mol. The van der Waals surface area contributed by atoms with Crippen LogP contribution < -0.4 is 0 Å². The maximum Gasteiger partial charge on any atom is 0.410 e. The molecule has 2 fully saturated rings. The van der Waals surface area contributed by atoms with Crippen LogP contribution in [0, 0.1) is 12.3 Å². The Balaban J connectivity index is 1.67. The second kappa shape index (κ2) is 10.0. The Morgan fingerprint density at radius 2 is 1.65 bits per heavy atom. The number of likely N-dealkylation sites (tertiary alicyclic amines) is 2. The van der Waals surface area contributed by atoms with Gasteiger partial charge in [-0.1, -0.05) is 18.7 Å². The molecule has 0 N–H and O–H groups in total. The number of hydrogen-bond acceptors (Lipinski definition) is 3. The predicted molar refractivity (Wildman–Crippen MR) is 133 cm³/mol. The number of carbonyl (C=O) groups is 1. The highest BCUT2D eigenvalue weighted by Gasteiger charge is 2.40. The van der Waals surface area contributed by atoms with Gasteiger partial charge < -0.3 is 14.5 Å². The van der Waals surface area contributed by atoms with Crippen LogP contribution in [-0.2, 0) is 11.2 Å². The maximum atomic E-state index is 13.6. The molecule has 0 unspecified atom stereocenters. The largest absolute Gasteiger partial charge is 0.444 e. The van der Waals surface area contributed by atoms with Crippen LogP contribution in [0.5, 0.6) is 0 Å². The molecule has 2 heterocycles. The van der Waals surface area contributed by atoms with Crippen LogP contribution in [0.4, 0.5) is 13.6 Å². The second-order valence-corrected chi connectivity index (χ2v) is 11.0. The van der Waals surface area contributed by atoms with Crippen molar-refractivity contribution < 1.29 is 18.3 Å². The molecular formula is C27H39F2N3O2. The number of amides is 1. The van der Waals surface area contributed by atoms with Gasteiger partial charge in [-0.3, -0.25) is 0 Å². The molecule has 3 rings (SSSR count). The van der Waals surface area contributed by atoms with Crippen molar-refractivity contribution in [2.75, 3.05) is 26.2 Å². The Hall–Kier alpha value is -2.44. The molecule has 2 aliphatic rings. The number of aryl methyl sites for hydroxylation is 1. The van der Waals surface area contributed by atoms with Gasteiger partial charge in [-0.2, -0.15) is 0 Å². The lowest BCUT2D eigenvalue weighted by molar-refractivity contribution is 0.00191. The standard InChI is InChI=1S/C27H39F2N3O2/c1-7-30-23(22-18-21(9-8-20(22)2)19-26(6,28)29)31-14-10-27(11-15-31)12-16-32(17-13-27)24(33)34-25(3,4)5/h7-9,18H,1,10-17,19H2,2-6H3/b30-23+. The van der Waals surface area contributed by atoms with E-state index in [-0.39, 0.29) is 17.9 Å². The molecule has 2 saturated heterocycles. The first kappa shape index (κ1) is 26.2. The zero-order valence-electron chi connectivity index (χ0n) is 21.3. The number of piperidine rings is 2. The van der Waals surface area contributed by atoms with E-state index in [4.69, 9.17) is 4.74 Å². The molecule has 2 aliphatic heterocycles. The van der Waals surface area contributed by atoms with Gasteiger partial charge in [-0.05, 0) is 82.9 Å². The maximum absolute atomic E-state index is 13.6. The van der Waals surface area contributed by atoms with Gasteiger partial charge in [-0.25, -0.2) is 18.6 Å². The monoisotopic (exact) mass is 475 g/mol. The van der Waals surface area contributed by atoms with E-state index in [1.807, 2.05) is 44.7 Å². The summed E-state index contributed by atoms with van der Waals surface area (Å²) in [4.78, 5) is 21.1. The van der Waals surface area contributed by atoms with E-state index in [0.717, 1.165) is 75.7 Å². The molecule has 34 heavy (non-hydrogen) atoms. The number of amidine groups is 1. The molecule has 0 aliphatic carbocycles. The van der Waals surface area contributed by atoms with Gasteiger partial charge >= 0.3 is 6.09 Å². The summed E-state index contributed by atoms with van der Waals surface area (Å²) in [6, 6.07) is 5.51. The Labute approximate surface area is 202 Å². The number of carbonyl (C=O) groups excluding carboxylic acids is 1. The summed E-state index contributed by atoms with van der Waals surface area (Å²) in [7, 11) is 0. The Bertz CT molecular complexity index is 913. The molecular weight excluding hydrogens is 436 g/mol. The minimum atomic E-state index is -2.76. The number of ether oxygens (including phenoxy) is 1. The first-order valence-corrected chi connectivity index (χ1v) is 12.2. The summed E-state index contributed by atoms with van der Waals surface area (Å²) >= 11 is 0. The number of nitrogens with zero attached hydrogens (tertiary/aromatic N) is 3. The minimum Gasteiger partial charge on any atom is -0.444 e. The van der Waals surface area contributed by atoms with Gasteiger partial charge in [-0.15, -0.1) is 0 Å². The highest BCUT2D eigenvalue weighted by molar-refractivity contribution is 6.00. The summed E-state index contributed by atoms with van der Waals surface area (Å²) in [5.41, 5.74) is 2.23. The fourth-order valence-electron chi connectivity index (χ4n) is 4.97. The van der Waals surface area contributed by atoms with E-state index >= 15 is 0 Å². The first-order chi connectivity index (χ1) is 15.8. The van der Waals surface area contributed by atoms with Crippen LogP contribution in [-0.4, -0.2) is 59.4 Å². The Kier molecular flexibility index (Phi) is 7.73. The number of hydrogen-bond donors (Lipinski definition) is 0. The van der Waals surface area contributed by atoms with Gasteiger partial charge in [0.15, 0.2) is 0 Å². The predicted octanol–water partition coefficient (Wildman–Crippen LogP) is 6.20. The molecule has 5 nitrogen and oxygen atoms in total. The molecule has 1 spiro atoms. The van der Waals surface area contributed by atoms with Gasteiger partial charge in [0.2, 0.25) is 5.92 Å². The lowest BCUT2D eigenvalue weighted by Gasteiger charge is -2.47. The third-order valence-electron chi connectivity index (χ3n) is 6.87. The third-order valence-corrected chi connectivity index (χ3v) is 6.87. The van der Waals surface area contributed by atoms with E-state index in [0.29, 0.717) is 5.56 Å². The van der Waals surface area contributed by atoms with Crippen molar-refractivity contribution in [3.8, 4) is 0 Å². The van der Waals surface area contributed by atoms with Crippen molar-refractivity contribution >= 4 is 11.9 Å². The number of benzene rings is 1. The molecule has 0 atom stereocenters. The van der Waals surface area contributed by atoms with E-state index in [1.165, 1.54) is 6.20 Å². The number of halogens is 2. The van der Waals surface area contributed by atoms with Crippen molar-refractivity contribution in [2.24, 2.45) is 10.4 Å². The van der Waals surface area contributed by atoms with Gasteiger partial charge in [0.05, 0.1) is 0 Å². The molecule has 0 aromatic heterocycles. The fraction of sp³-hybridized carbons (Fsp3) is 0.630. The molecule has 0 saturated carbocycles. The molecule has 0 radical (unpaired) electrons. The summed E-state index contributed by atoms with van der Waals surface area (Å²) in [5, 5.41) is 0. The summed E-state index contributed by atoms with van der Waals surface area (Å²) in [6.45, 7) is 15.5. The van der Waals surface area contributed by atoms with E-state index in [9.17, 15) is 13.6 Å². The van der Waals surface area contributed by atoms with E-state index in [1.54, 1.807) is 6.07 Å². The zero-order valence-corrected chi connectivity index (χ0v) is 21.3. The highest BCUT2D eigenvalue weighted by atomic mass is 19.3. The molecule has 188 valence electrons. The van der Waals surface area contributed by atoms with Crippen LogP contribution in [0.25, 0.3) is 0 Å². The lowest BCUT2D eigenvalue weighted by Crippen LogP contribution is -2.50. The van der Waals surface area contributed by atoms with Crippen molar-refractivity contribution in [1.82, 2.24) is 9.80 Å². The van der Waals surface area contributed by atoms with Crippen LogP contribution in [0.15, 0.2) is 36.0 Å². The number of aliphatic imine (C=N–C) groups is 1. The van der Waals surface area contributed by atoms with Crippen molar-refractivity contribution in [2.45, 2.75) is 78.2 Å². The van der Waals surface area contributed by atoms with Gasteiger partial charge in [0, 0.05) is 44.4 Å². The SMILES string of the molecule is C=C/N=C(\c1cc(CC(C)(F)F)ccc1C)N1CCC2(CCN(C(=O)OC(C)(C)C)CC2)CC1. The van der Waals surface area contributed by atoms with Crippen LogP contribution in [0.1, 0.15) is 70.1 Å². The minimum absolute atomic E-state index is 0.218. The molecule has 7 heteroatoms. The molecule has 1 aromatic carbocycles. The lowest BCUT2D eigenvalue weighted by atomic mass is 9.71. The smallest absolute Gasteiger partial charge is 0.410 e. The Morgan fingerprint density at radius 1 is 1.09 bits per heavy atom. The summed E-state index contributed by atoms with van der Waals surface area (Å²) < 4.78 is 32.8. The van der Waals surface area contributed by atoms with Gasteiger partial charge in [0.1, 0.15) is 11.4 Å². The highest BCUT2D eigenvalue weighted by Crippen LogP contribution is 2.42. The van der Waals surface area contributed by atoms with Crippen molar-refractivity contribution in [1.29, 1.82) is 0 Å². The van der Waals surface area contributed by atoms with Gasteiger partial charge in [0.25, 0.3) is 0 Å². The fourth-order valence-corrected chi connectivity index (χ4v) is 4.97. The van der Waals surface area contributed by atoms with Crippen molar-refractivity contribution in [3.05, 3.63) is 47.7 Å². The molecule has 1 aromatic rings. The normalized spacial score (nSPS) is 19.3. The molecule has 1 amide bonds. The zero-order chi connectivity index (χ0) is 25.1. The topological polar surface area (TPSA) is 45.1 Å². The third kappa shape index (κ3) is 6.80. The summed E-state index contributed by atoms with van der Waals surface area (Å²) in [5.74, 6) is -1.96. The quantitative estimate of drug-likeness (QED) is 0.385. The Morgan fingerprint density at radius 3 is 2.15 bits per heavy atom. The number of rotatable bonds is 4. The van der Waals surface area contributed by atoms with Crippen LogP contribution in [0.3, 0.4) is 0 Å². The van der Waals surface area contributed by atoms with Crippen LogP contribution in [0.2, 0.25) is 0 Å². The van der Waals surface area contributed by atoms with E-state index in [2.05, 4.69) is 16.5 Å². The van der Waals surface area contributed by atoms with E-state index < -0.39 is 11.5 Å². The second-order valence-electron chi connectivity index (χ2n) is 11.0. The van der Waals surface area contributed by atoms with Crippen LogP contribution >= 0.6 is 0 Å². The summed E-state index contributed by atoms with van der Waals surface area (Å²) in [6.07, 6.45) is 4.96. The first-order valence-electron chi connectivity index (χ1n) is 12.2. The average Bonchev–Trinajstić information content (AvgIpc) is 2.73. The molecule has 0 bridgehead atoms. The van der Waals surface area contributed by atoms with Crippen molar-refractivity contribution in [3.63, 3.8) is 0 Å². The number of alkyl halides is 2.